The molecule has 0 fully saturated rings. The van der Waals surface area contributed by atoms with Gasteiger partial charge in [0.1, 0.15) is 11.5 Å². The zero-order valence-electron chi connectivity index (χ0n) is 10.7. The van der Waals surface area contributed by atoms with Crippen molar-refractivity contribution in [2.24, 2.45) is 7.05 Å². The number of ether oxygens (including phenoxy) is 2. The number of hydrogen-bond acceptors (Lipinski definition) is 5. The summed E-state index contributed by atoms with van der Waals surface area (Å²) >= 11 is 0. The lowest BCUT2D eigenvalue weighted by Crippen LogP contribution is -2.05. The largest absolute Gasteiger partial charge is 0.497 e. The molecule has 18 heavy (non-hydrogen) atoms. The maximum absolute atomic E-state index is 5.21. The number of nitrogens with one attached hydrogen (secondary N) is 1. The van der Waals surface area contributed by atoms with Crippen LogP contribution in [0.3, 0.4) is 0 Å². The second-order valence-electron chi connectivity index (χ2n) is 3.80. The highest BCUT2D eigenvalue weighted by Gasteiger charge is 2.03. The molecule has 1 aromatic heterocycles. The average molecular weight is 248 g/mol. The fourth-order valence-electron chi connectivity index (χ4n) is 1.57. The van der Waals surface area contributed by atoms with E-state index in [0.717, 1.165) is 22.9 Å². The van der Waals surface area contributed by atoms with Gasteiger partial charge in [0.15, 0.2) is 0 Å². The van der Waals surface area contributed by atoms with Gasteiger partial charge < -0.3 is 14.8 Å². The first-order valence-corrected chi connectivity index (χ1v) is 5.53. The van der Waals surface area contributed by atoms with Crippen molar-refractivity contribution in [2.75, 3.05) is 19.5 Å². The fraction of sp³-hybridized carbons (Fsp3) is 0.333. The summed E-state index contributed by atoms with van der Waals surface area (Å²) < 4.78 is 12.1. The molecular formula is C12H16N4O2. The van der Waals surface area contributed by atoms with Crippen LogP contribution in [0.25, 0.3) is 0 Å². The van der Waals surface area contributed by atoms with E-state index in [1.165, 1.54) is 0 Å². The average Bonchev–Trinajstić information content (AvgIpc) is 2.81. The highest BCUT2D eigenvalue weighted by molar-refractivity contribution is 5.53. The van der Waals surface area contributed by atoms with Gasteiger partial charge in [0.25, 0.3) is 0 Å². The number of methoxy groups -OCH3 is 2. The van der Waals surface area contributed by atoms with Crippen LogP contribution in [0.15, 0.2) is 24.4 Å². The Hall–Kier alpha value is -2.24. The standard InChI is InChI=1S/C12H16N4O2/c1-16-10(8-14-15-16)7-13-9-4-11(17-2)6-12(5-9)18-3/h4-6,8,13H,7H2,1-3H3. The summed E-state index contributed by atoms with van der Waals surface area (Å²) in [5, 5.41) is 11.0. The Morgan fingerprint density at radius 3 is 2.33 bits per heavy atom. The highest BCUT2D eigenvalue weighted by atomic mass is 16.5. The summed E-state index contributed by atoms with van der Waals surface area (Å²) in [6.45, 7) is 0.639. The third kappa shape index (κ3) is 2.71. The topological polar surface area (TPSA) is 61.2 Å². The molecule has 0 atom stereocenters. The van der Waals surface area contributed by atoms with Crippen molar-refractivity contribution in [3.63, 3.8) is 0 Å². The van der Waals surface area contributed by atoms with Gasteiger partial charge in [-0.2, -0.15) is 0 Å². The summed E-state index contributed by atoms with van der Waals surface area (Å²) in [7, 11) is 5.11. The van der Waals surface area contributed by atoms with Crippen LogP contribution in [0.2, 0.25) is 0 Å². The molecule has 1 aromatic carbocycles. The van der Waals surface area contributed by atoms with Crippen LogP contribution in [0.5, 0.6) is 11.5 Å². The molecule has 2 rings (SSSR count). The van der Waals surface area contributed by atoms with Crippen molar-refractivity contribution in [1.29, 1.82) is 0 Å². The van der Waals surface area contributed by atoms with Crippen LogP contribution < -0.4 is 14.8 Å². The Bertz CT molecular complexity index is 502. The van der Waals surface area contributed by atoms with Crippen molar-refractivity contribution in [3.05, 3.63) is 30.1 Å². The molecule has 0 saturated heterocycles. The maximum Gasteiger partial charge on any atom is 0.124 e. The first kappa shape index (κ1) is 12.2. The van der Waals surface area contributed by atoms with Gasteiger partial charge >= 0.3 is 0 Å². The van der Waals surface area contributed by atoms with Crippen LogP contribution in [-0.4, -0.2) is 29.2 Å². The lowest BCUT2D eigenvalue weighted by atomic mass is 10.2. The van der Waals surface area contributed by atoms with Crippen LogP contribution in [0.1, 0.15) is 5.69 Å². The molecule has 0 aliphatic carbocycles. The number of rotatable bonds is 5. The normalized spacial score (nSPS) is 10.2. The van der Waals surface area contributed by atoms with E-state index in [2.05, 4.69) is 15.6 Å². The monoisotopic (exact) mass is 248 g/mol. The molecule has 0 amide bonds. The van der Waals surface area contributed by atoms with E-state index in [4.69, 9.17) is 9.47 Å². The van der Waals surface area contributed by atoms with E-state index >= 15 is 0 Å². The van der Waals surface area contributed by atoms with Gasteiger partial charge in [-0.1, -0.05) is 5.21 Å². The molecule has 2 aromatic rings. The van der Waals surface area contributed by atoms with Gasteiger partial charge in [0.05, 0.1) is 32.7 Å². The van der Waals surface area contributed by atoms with E-state index in [1.54, 1.807) is 25.1 Å². The molecule has 0 spiro atoms. The first-order chi connectivity index (χ1) is 8.72. The van der Waals surface area contributed by atoms with Gasteiger partial charge in [-0.15, -0.1) is 5.10 Å². The van der Waals surface area contributed by atoms with E-state index in [0.29, 0.717) is 6.54 Å². The number of aryl methyl sites for hydroxylation is 1. The minimum absolute atomic E-state index is 0.639. The van der Waals surface area contributed by atoms with Crippen LogP contribution in [-0.2, 0) is 13.6 Å². The summed E-state index contributed by atoms with van der Waals surface area (Å²) in [5.41, 5.74) is 1.92. The van der Waals surface area contributed by atoms with E-state index in [9.17, 15) is 0 Å². The molecular weight excluding hydrogens is 232 g/mol. The van der Waals surface area contributed by atoms with Gasteiger partial charge in [-0.3, -0.25) is 4.68 Å². The molecule has 0 bridgehead atoms. The van der Waals surface area contributed by atoms with Crippen molar-refractivity contribution in [1.82, 2.24) is 15.0 Å². The lowest BCUT2D eigenvalue weighted by Gasteiger charge is -2.10. The predicted molar refractivity (Wildman–Crippen MR) is 67.9 cm³/mol. The Morgan fingerprint density at radius 1 is 1.17 bits per heavy atom. The third-order valence-corrected chi connectivity index (χ3v) is 2.63. The molecule has 6 heteroatoms. The molecule has 96 valence electrons. The smallest absolute Gasteiger partial charge is 0.124 e. The van der Waals surface area contributed by atoms with Gasteiger partial charge in [0.2, 0.25) is 0 Å². The summed E-state index contributed by atoms with van der Waals surface area (Å²) in [5.74, 6) is 1.50. The van der Waals surface area contributed by atoms with E-state index in [1.807, 2.05) is 25.2 Å². The van der Waals surface area contributed by atoms with Crippen LogP contribution in [0.4, 0.5) is 5.69 Å². The lowest BCUT2D eigenvalue weighted by molar-refractivity contribution is 0.394. The highest BCUT2D eigenvalue weighted by Crippen LogP contribution is 2.25. The first-order valence-electron chi connectivity index (χ1n) is 5.53. The van der Waals surface area contributed by atoms with E-state index < -0.39 is 0 Å². The van der Waals surface area contributed by atoms with Crippen molar-refractivity contribution >= 4 is 5.69 Å². The molecule has 1 N–H and O–H groups in total. The van der Waals surface area contributed by atoms with Crippen molar-refractivity contribution in [3.8, 4) is 11.5 Å². The third-order valence-electron chi connectivity index (χ3n) is 2.63. The molecule has 0 radical (unpaired) electrons. The van der Waals surface area contributed by atoms with Crippen LogP contribution >= 0.6 is 0 Å². The van der Waals surface area contributed by atoms with Crippen molar-refractivity contribution in [2.45, 2.75) is 6.54 Å². The number of anilines is 1. The van der Waals surface area contributed by atoms with Gasteiger partial charge in [-0.05, 0) is 0 Å². The van der Waals surface area contributed by atoms with Crippen molar-refractivity contribution < 1.29 is 9.47 Å². The Balaban J connectivity index is 2.11. The predicted octanol–water partition coefficient (Wildman–Crippen LogP) is 1.44. The molecule has 0 saturated carbocycles. The molecule has 1 heterocycles. The Kier molecular flexibility index (Phi) is 3.66. The van der Waals surface area contributed by atoms with Gasteiger partial charge in [-0.25, -0.2) is 0 Å². The quantitative estimate of drug-likeness (QED) is 0.867. The number of nitrogens with zero attached hydrogens (tertiary/aromatic N) is 3. The SMILES string of the molecule is COc1cc(NCc2cnnn2C)cc(OC)c1. The van der Waals surface area contributed by atoms with Gasteiger partial charge in [0, 0.05) is 30.9 Å². The summed E-state index contributed by atoms with van der Waals surface area (Å²) in [6, 6.07) is 5.65. The Labute approximate surface area is 106 Å². The summed E-state index contributed by atoms with van der Waals surface area (Å²) in [6.07, 6.45) is 1.73. The zero-order chi connectivity index (χ0) is 13.0. The number of hydrogen-bond donors (Lipinski definition) is 1. The van der Waals surface area contributed by atoms with Crippen LogP contribution in [0, 0.1) is 0 Å². The van der Waals surface area contributed by atoms with E-state index in [-0.39, 0.29) is 0 Å². The summed E-state index contributed by atoms with van der Waals surface area (Å²) in [4.78, 5) is 0. The molecule has 0 aliphatic rings. The number of benzene rings is 1. The fourth-order valence-corrected chi connectivity index (χ4v) is 1.57. The zero-order valence-corrected chi connectivity index (χ0v) is 10.7. The molecule has 0 aliphatic heterocycles. The molecule has 0 unspecified atom stereocenters. The second kappa shape index (κ2) is 5.39. The molecule has 6 nitrogen and oxygen atoms in total. The minimum Gasteiger partial charge on any atom is -0.497 e. The minimum atomic E-state index is 0.639. The Morgan fingerprint density at radius 2 is 1.83 bits per heavy atom. The maximum atomic E-state index is 5.21. The number of aromatic nitrogens is 3. The second-order valence-corrected chi connectivity index (χ2v) is 3.80.